The van der Waals surface area contributed by atoms with Gasteiger partial charge in [-0.05, 0) is 61.5 Å². The van der Waals surface area contributed by atoms with E-state index in [4.69, 9.17) is 17.0 Å². The van der Waals surface area contributed by atoms with Gasteiger partial charge in [0.05, 0.1) is 18.8 Å². The van der Waals surface area contributed by atoms with E-state index < -0.39 is 0 Å². The minimum absolute atomic E-state index is 0.00596. The second kappa shape index (κ2) is 8.71. The summed E-state index contributed by atoms with van der Waals surface area (Å²) in [5.74, 6) is 0.822. The van der Waals surface area contributed by atoms with Crippen LogP contribution in [0.5, 0.6) is 5.75 Å². The quantitative estimate of drug-likeness (QED) is 0.534. The second-order valence-electron chi connectivity index (χ2n) is 8.33. The van der Waals surface area contributed by atoms with Crippen molar-refractivity contribution < 1.29 is 4.74 Å². The van der Waals surface area contributed by atoms with E-state index >= 15 is 0 Å². The summed E-state index contributed by atoms with van der Waals surface area (Å²) in [6.45, 7) is 0. The average Bonchev–Trinajstić information content (AvgIpc) is 3.44. The Morgan fingerprint density at radius 2 is 1.90 bits per heavy atom. The van der Waals surface area contributed by atoms with Gasteiger partial charge in [0.25, 0.3) is 0 Å². The maximum absolute atomic E-state index is 5.87. The summed E-state index contributed by atoms with van der Waals surface area (Å²) in [7, 11) is 1.70. The number of nitrogens with zero attached hydrogens (tertiary/aromatic N) is 3. The van der Waals surface area contributed by atoms with Gasteiger partial charge >= 0.3 is 0 Å². The molecular weight excluding hydrogens is 404 g/mol. The van der Waals surface area contributed by atoms with Crippen LogP contribution in [-0.4, -0.2) is 21.8 Å². The Kier molecular flexibility index (Phi) is 5.64. The van der Waals surface area contributed by atoms with Crippen LogP contribution in [-0.2, 0) is 0 Å². The van der Waals surface area contributed by atoms with Crippen LogP contribution in [0.1, 0.15) is 61.6 Å². The molecule has 5 rings (SSSR count). The van der Waals surface area contributed by atoms with Crippen molar-refractivity contribution in [1.82, 2.24) is 14.9 Å². The van der Waals surface area contributed by atoms with Gasteiger partial charge in [-0.25, -0.2) is 0 Å². The number of anilines is 1. The van der Waals surface area contributed by atoms with E-state index in [-0.39, 0.29) is 12.1 Å². The highest BCUT2D eigenvalue weighted by molar-refractivity contribution is 7.80. The van der Waals surface area contributed by atoms with Crippen molar-refractivity contribution in [1.29, 1.82) is 0 Å². The highest BCUT2D eigenvalue weighted by Crippen LogP contribution is 2.43. The van der Waals surface area contributed by atoms with Crippen LogP contribution in [0, 0.1) is 0 Å². The lowest BCUT2D eigenvalue weighted by molar-refractivity contribution is 0.340. The van der Waals surface area contributed by atoms with Crippen molar-refractivity contribution in [3.63, 3.8) is 0 Å². The molecule has 2 atom stereocenters. The lowest BCUT2D eigenvalue weighted by atomic mass is 9.94. The fourth-order valence-electron chi connectivity index (χ4n) is 5.04. The fraction of sp³-hybridized carbons (Fsp3) is 0.360. The molecule has 1 N–H and O–H groups in total. The Bertz CT molecular complexity index is 1040. The number of rotatable bonds is 5. The first-order valence-corrected chi connectivity index (χ1v) is 11.5. The van der Waals surface area contributed by atoms with Crippen LogP contribution in [0.2, 0.25) is 0 Å². The Balaban J connectivity index is 1.61. The van der Waals surface area contributed by atoms with Crippen molar-refractivity contribution in [2.45, 2.75) is 50.2 Å². The molecular formula is C25H28N4OS. The minimum atomic E-state index is -0.0304. The normalized spacial score (nSPS) is 21.8. The summed E-state index contributed by atoms with van der Waals surface area (Å²) in [6.07, 6.45) is 10.5. The van der Waals surface area contributed by atoms with Crippen LogP contribution in [0.25, 0.3) is 0 Å². The number of hydrogen-bond acceptors (Lipinski definition) is 3. The van der Waals surface area contributed by atoms with Crippen molar-refractivity contribution >= 4 is 23.0 Å². The molecule has 2 fully saturated rings. The summed E-state index contributed by atoms with van der Waals surface area (Å²) in [4.78, 5) is 6.90. The third kappa shape index (κ3) is 3.81. The van der Waals surface area contributed by atoms with Crippen LogP contribution < -0.4 is 15.0 Å². The summed E-state index contributed by atoms with van der Waals surface area (Å²) < 4.78 is 7.99. The Morgan fingerprint density at radius 3 is 2.68 bits per heavy atom. The van der Waals surface area contributed by atoms with Crippen LogP contribution in [0.3, 0.4) is 0 Å². The molecule has 0 unspecified atom stereocenters. The lowest BCUT2D eigenvalue weighted by Crippen LogP contribution is -2.31. The molecule has 0 bridgehead atoms. The van der Waals surface area contributed by atoms with Gasteiger partial charge in [0.1, 0.15) is 11.8 Å². The van der Waals surface area contributed by atoms with Gasteiger partial charge < -0.3 is 19.5 Å². The predicted molar refractivity (Wildman–Crippen MR) is 127 cm³/mol. The third-order valence-corrected chi connectivity index (χ3v) is 6.83. The van der Waals surface area contributed by atoms with Crippen LogP contribution in [0.15, 0.2) is 67.0 Å². The maximum Gasteiger partial charge on any atom is 0.174 e. The molecule has 6 heteroatoms. The maximum atomic E-state index is 5.87. The van der Waals surface area contributed by atoms with E-state index in [2.05, 4.69) is 56.3 Å². The third-order valence-electron chi connectivity index (χ3n) is 6.51. The van der Waals surface area contributed by atoms with Gasteiger partial charge in [-0.3, -0.25) is 4.98 Å². The Hall–Kier alpha value is -2.86. The number of aromatic nitrogens is 2. The van der Waals surface area contributed by atoms with E-state index in [0.717, 1.165) is 17.1 Å². The molecule has 0 amide bonds. The Morgan fingerprint density at radius 1 is 1.03 bits per heavy atom. The van der Waals surface area contributed by atoms with Crippen molar-refractivity contribution in [2.75, 3.05) is 12.0 Å². The topological polar surface area (TPSA) is 42.3 Å². The highest BCUT2D eigenvalue weighted by atomic mass is 32.1. The number of ether oxygens (including phenoxy) is 1. The standard InChI is InChI=1S/C25H28N4OS/c1-30-20-12-7-11-19(17-20)29-24(23(27-25(29)31)21-13-5-6-15-26-21)22-14-8-16-28(22)18-9-3-2-4-10-18/h5-8,11-18,23-24H,2-4,9-10H2,1H3,(H,27,31)/t23-,24+/m0/s1. The summed E-state index contributed by atoms with van der Waals surface area (Å²) in [5, 5.41) is 4.28. The Labute approximate surface area is 189 Å². The molecule has 3 heterocycles. The molecule has 1 saturated heterocycles. The molecule has 0 radical (unpaired) electrons. The number of benzene rings is 1. The van der Waals surface area contributed by atoms with E-state index in [0.29, 0.717) is 11.2 Å². The van der Waals surface area contributed by atoms with Crippen LogP contribution >= 0.6 is 12.2 Å². The fourth-order valence-corrected chi connectivity index (χ4v) is 5.39. The molecule has 2 aliphatic rings. The first-order chi connectivity index (χ1) is 15.3. The molecule has 1 aromatic carbocycles. The van der Waals surface area contributed by atoms with E-state index in [9.17, 15) is 0 Å². The molecule has 3 aromatic rings. The van der Waals surface area contributed by atoms with Gasteiger partial charge in [-0.1, -0.05) is 31.4 Å². The van der Waals surface area contributed by atoms with Gasteiger partial charge in [-0.2, -0.15) is 0 Å². The first-order valence-electron chi connectivity index (χ1n) is 11.1. The first kappa shape index (κ1) is 20.1. The van der Waals surface area contributed by atoms with E-state index in [1.165, 1.54) is 37.8 Å². The largest absolute Gasteiger partial charge is 0.497 e. The van der Waals surface area contributed by atoms with E-state index in [1.807, 2.05) is 30.5 Å². The molecule has 5 nitrogen and oxygen atoms in total. The zero-order valence-corrected chi connectivity index (χ0v) is 18.6. The molecule has 160 valence electrons. The lowest BCUT2D eigenvalue weighted by Gasteiger charge is -2.32. The van der Waals surface area contributed by atoms with Gasteiger partial charge in [0.2, 0.25) is 0 Å². The van der Waals surface area contributed by atoms with Crippen molar-refractivity contribution in [3.8, 4) is 5.75 Å². The molecule has 0 spiro atoms. The molecule has 1 aliphatic heterocycles. The number of methoxy groups -OCH3 is 1. The average molecular weight is 433 g/mol. The van der Waals surface area contributed by atoms with Gasteiger partial charge in [0, 0.05) is 35.9 Å². The second-order valence-corrected chi connectivity index (χ2v) is 8.72. The van der Waals surface area contributed by atoms with E-state index in [1.54, 1.807) is 7.11 Å². The number of nitrogens with one attached hydrogen (secondary N) is 1. The zero-order valence-electron chi connectivity index (χ0n) is 17.8. The summed E-state index contributed by atoms with van der Waals surface area (Å²) in [5.41, 5.74) is 3.30. The molecule has 1 saturated carbocycles. The SMILES string of the molecule is COc1cccc(N2C(=S)N[C@@H](c3ccccn3)[C@H]2c2cccn2C2CCCCC2)c1. The van der Waals surface area contributed by atoms with Gasteiger partial charge in [-0.15, -0.1) is 0 Å². The monoisotopic (exact) mass is 432 g/mol. The predicted octanol–water partition coefficient (Wildman–Crippen LogP) is 5.57. The summed E-state index contributed by atoms with van der Waals surface area (Å²) in [6, 6.07) is 19.1. The summed E-state index contributed by atoms with van der Waals surface area (Å²) >= 11 is 5.87. The molecule has 2 aromatic heterocycles. The number of thiocarbonyl (C=S) groups is 1. The van der Waals surface area contributed by atoms with Gasteiger partial charge in [0.15, 0.2) is 5.11 Å². The number of pyridine rings is 1. The van der Waals surface area contributed by atoms with Crippen molar-refractivity contribution in [3.05, 3.63) is 78.4 Å². The molecule has 31 heavy (non-hydrogen) atoms. The zero-order chi connectivity index (χ0) is 21.2. The smallest absolute Gasteiger partial charge is 0.174 e. The highest BCUT2D eigenvalue weighted by Gasteiger charge is 2.42. The number of hydrogen-bond donors (Lipinski definition) is 1. The molecule has 1 aliphatic carbocycles. The minimum Gasteiger partial charge on any atom is -0.497 e. The van der Waals surface area contributed by atoms with Crippen molar-refractivity contribution in [2.24, 2.45) is 0 Å². The van der Waals surface area contributed by atoms with Crippen LogP contribution in [0.4, 0.5) is 5.69 Å².